The molecule has 2 aromatic carbocycles. The third kappa shape index (κ3) is 5.33. The number of benzene rings is 2. The number of unbranched alkanes of at least 4 members (excludes halogenated alkanes) is 1. The van der Waals surface area contributed by atoms with Crippen molar-refractivity contribution in [3.63, 3.8) is 0 Å². The average Bonchev–Trinajstić information content (AvgIpc) is 2.81. The molecule has 0 aromatic heterocycles. The van der Waals surface area contributed by atoms with Crippen molar-refractivity contribution in [1.82, 2.24) is 0 Å². The number of aryl methyl sites for hydroxylation is 1. The van der Waals surface area contributed by atoms with Crippen LogP contribution in [0.2, 0.25) is 0 Å². The summed E-state index contributed by atoms with van der Waals surface area (Å²) in [6.45, 7) is 6.03. The van der Waals surface area contributed by atoms with Crippen molar-refractivity contribution in [1.29, 1.82) is 0 Å². The summed E-state index contributed by atoms with van der Waals surface area (Å²) in [5, 5.41) is 0. The third-order valence-corrected chi connectivity index (χ3v) is 8.10. The summed E-state index contributed by atoms with van der Waals surface area (Å²) in [5.41, 5.74) is 2.74. The van der Waals surface area contributed by atoms with Gasteiger partial charge in [-0.3, -0.25) is 0 Å². The van der Waals surface area contributed by atoms with Crippen molar-refractivity contribution < 1.29 is 8.78 Å². The van der Waals surface area contributed by atoms with Crippen molar-refractivity contribution in [2.75, 3.05) is 0 Å². The number of hydrogen-bond acceptors (Lipinski definition) is 0. The van der Waals surface area contributed by atoms with Gasteiger partial charge in [-0.2, -0.15) is 0 Å². The van der Waals surface area contributed by atoms with Gasteiger partial charge in [0.2, 0.25) is 0 Å². The summed E-state index contributed by atoms with van der Waals surface area (Å²) in [7, 11) is 0. The van der Waals surface area contributed by atoms with Gasteiger partial charge in [0.15, 0.2) is 0 Å². The lowest BCUT2D eigenvalue weighted by atomic mass is 9.63. The quantitative estimate of drug-likeness (QED) is 0.362. The predicted molar refractivity (Wildman–Crippen MR) is 131 cm³/mol. The highest BCUT2D eigenvalue weighted by Gasteiger charge is 2.36. The van der Waals surface area contributed by atoms with Gasteiger partial charge < -0.3 is 0 Å². The Bertz CT molecular complexity index is 875. The smallest absolute Gasteiger partial charge is 0.134 e. The van der Waals surface area contributed by atoms with E-state index in [0.717, 1.165) is 54.6 Å². The second-order valence-corrected chi connectivity index (χ2v) is 10.2. The van der Waals surface area contributed by atoms with Crippen molar-refractivity contribution in [2.45, 2.75) is 83.5 Å². The first kappa shape index (κ1) is 23.2. The highest BCUT2D eigenvalue weighted by molar-refractivity contribution is 5.65. The Morgan fingerprint density at radius 2 is 1.62 bits per heavy atom. The lowest BCUT2D eigenvalue weighted by Gasteiger charge is -2.42. The summed E-state index contributed by atoms with van der Waals surface area (Å²) in [5.74, 6) is 1.91. The monoisotopic (exact) mass is 436 g/mol. The Morgan fingerprint density at radius 3 is 2.31 bits per heavy atom. The molecule has 4 atom stereocenters. The molecule has 172 valence electrons. The van der Waals surface area contributed by atoms with E-state index in [1.807, 2.05) is 30.3 Å². The van der Waals surface area contributed by atoms with Gasteiger partial charge in [0.1, 0.15) is 11.6 Å². The molecule has 0 radical (unpaired) electrons. The zero-order valence-electron chi connectivity index (χ0n) is 19.6. The molecule has 4 unspecified atom stereocenters. The summed E-state index contributed by atoms with van der Waals surface area (Å²) >= 11 is 0. The van der Waals surface area contributed by atoms with Gasteiger partial charge in [-0.05, 0) is 97.4 Å². The summed E-state index contributed by atoms with van der Waals surface area (Å²) in [6, 6.07) is 10.8. The molecule has 2 saturated carbocycles. The first-order valence-corrected chi connectivity index (χ1v) is 12.8. The molecule has 0 aliphatic heterocycles. The van der Waals surface area contributed by atoms with Crippen LogP contribution in [0, 0.1) is 29.4 Å². The number of halogens is 2. The maximum Gasteiger partial charge on any atom is 0.134 e. The van der Waals surface area contributed by atoms with E-state index in [0.29, 0.717) is 11.5 Å². The van der Waals surface area contributed by atoms with Crippen LogP contribution in [-0.4, -0.2) is 0 Å². The molecule has 0 bridgehead atoms. The van der Waals surface area contributed by atoms with E-state index < -0.39 is 11.6 Å². The van der Waals surface area contributed by atoms with Gasteiger partial charge in [0.25, 0.3) is 0 Å². The Morgan fingerprint density at radius 1 is 0.938 bits per heavy atom. The Labute approximate surface area is 193 Å². The topological polar surface area (TPSA) is 0 Å². The van der Waals surface area contributed by atoms with E-state index in [4.69, 9.17) is 0 Å². The highest BCUT2D eigenvalue weighted by Crippen LogP contribution is 2.48. The fraction of sp³-hybridized carbons (Fsp3) is 0.533. The molecule has 2 fully saturated rings. The zero-order valence-corrected chi connectivity index (χ0v) is 19.6. The minimum absolute atomic E-state index is 0.106. The molecule has 2 aliphatic rings. The second-order valence-electron chi connectivity index (χ2n) is 10.2. The van der Waals surface area contributed by atoms with Crippen LogP contribution in [0.25, 0.3) is 11.1 Å². The van der Waals surface area contributed by atoms with Crippen LogP contribution in [-0.2, 0) is 6.42 Å². The van der Waals surface area contributed by atoms with Gasteiger partial charge in [0, 0.05) is 0 Å². The van der Waals surface area contributed by atoms with Crippen LogP contribution in [0.4, 0.5) is 8.78 Å². The Balaban J connectivity index is 1.44. The molecular formula is C30H38F2. The molecular weight excluding hydrogens is 398 g/mol. The SMILES string of the molecule is C=CCCc1ccc(-c2c(F)cc(C3CCC4CC(CCCC)CCC4C3)cc2F)cc1. The van der Waals surface area contributed by atoms with Crippen LogP contribution in [0.15, 0.2) is 49.1 Å². The average molecular weight is 437 g/mol. The molecule has 2 aliphatic carbocycles. The van der Waals surface area contributed by atoms with E-state index in [1.165, 1.54) is 44.9 Å². The summed E-state index contributed by atoms with van der Waals surface area (Å²) in [4.78, 5) is 0. The summed E-state index contributed by atoms with van der Waals surface area (Å²) in [6.07, 6.45) is 15.1. The van der Waals surface area contributed by atoms with Gasteiger partial charge in [-0.15, -0.1) is 6.58 Å². The third-order valence-electron chi connectivity index (χ3n) is 8.10. The maximum absolute atomic E-state index is 15.1. The van der Waals surface area contributed by atoms with E-state index in [1.54, 1.807) is 12.1 Å². The van der Waals surface area contributed by atoms with E-state index in [-0.39, 0.29) is 5.56 Å². The maximum atomic E-state index is 15.1. The fourth-order valence-corrected chi connectivity index (χ4v) is 6.26. The molecule has 0 N–H and O–H groups in total. The van der Waals surface area contributed by atoms with Gasteiger partial charge >= 0.3 is 0 Å². The van der Waals surface area contributed by atoms with Crippen LogP contribution in [0.1, 0.15) is 88.2 Å². The normalized spacial score (nSPS) is 25.3. The predicted octanol–water partition coefficient (Wildman–Crippen LogP) is 9.24. The van der Waals surface area contributed by atoms with Crippen molar-refractivity contribution in [3.8, 4) is 11.1 Å². The van der Waals surface area contributed by atoms with Crippen molar-refractivity contribution in [2.24, 2.45) is 17.8 Å². The molecule has 0 heterocycles. The van der Waals surface area contributed by atoms with Crippen LogP contribution in [0.5, 0.6) is 0 Å². The lowest BCUT2D eigenvalue weighted by molar-refractivity contribution is 0.113. The van der Waals surface area contributed by atoms with Gasteiger partial charge in [-0.25, -0.2) is 8.78 Å². The number of hydrogen-bond donors (Lipinski definition) is 0. The zero-order chi connectivity index (χ0) is 22.5. The minimum atomic E-state index is -0.427. The first-order chi connectivity index (χ1) is 15.6. The molecule has 0 nitrogen and oxygen atoms in total. The lowest BCUT2D eigenvalue weighted by Crippen LogP contribution is -2.30. The highest BCUT2D eigenvalue weighted by atomic mass is 19.1. The molecule has 32 heavy (non-hydrogen) atoms. The van der Waals surface area contributed by atoms with Gasteiger partial charge in [-0.1, -0.05) is 62.9 Å². The van der Waals surface area contributed by atoms with Crippen LogP contribution in [0.3, 0.4) is 0 Å². The molecule has 4 rings (SSSR count). The van der Waals surface area contributed by atoms with Crippen molar-refractivity contribution in [3.05, 3.63) is 71.8 Å². The van der Waals surface area contributed by atoms with Crippen LogP contribution < -0.4 is 0 Å². The second kappa shape index (κ2) is 10.8. The van der Waals surface area contributed by atoms with E-state index in [2.05, 4.69) is 13.5 Å². The molecule has 2 heteroatoms. The number of allylic oxidation sites excluding steroid dienone is 1. The fourth-order valence-electron chi connectivity index (χ4n) is 6.26. The number of rotatable bonds is 8. The molecule has 0 spiro atoms. The Hall–Kier alpha value is -1.96. The van der Waals surface area contributed by atoms with E-state index in [9.17, 15) is 0 Å². The Kier molecular flexibility index (Phi) is 7.81. The van der Waals surface area contributed by atoms with Crippen LogP contribution >= 0.6 is 0 Å². The first-order valence-electron chi connectivity index (χ1n) is 12.8. The molecule has 0 saturated heterocycles. The van der Waals surface area contributed by atoms with E-state index >= 15 is 8.78 Å². The summed E-state index contributed by atoms with van der Waals surface area (Å²) < 4.78 is 30.2. The largest absolute Gasteiger partial charge is 0.206 e. The molecule has 2 aromatic rings. The standard InChI is InChI=1S/C30H38F2/c1-3-5-7-21-9-12-23(13-10-21)30-28(31)19-27(20-29(30)32)26-16-15-24-17-22(8-6-4-2)11-14-25(24)18-26/h3,9-10,12-13,19-20,22,24-26H,1,4-8,11,14-18H2,2H3. The molecule has 0 amide bonds. The number of fused-ring (bicyclic) bond motifs is 1. The van der Waals surface area contributed by atoms with Gasteiger partial charge in [0.05, 0.1) is 5.56 Å². The minimum Gasteiger partial charge on any atom is -0.206 e. The van der Waals surface area contributed by atoms with Crippen molar-refractivity contribution >= 4 is 0 Å².